The normalized spacial score (nSPS) is 20.8. The average Bonchev–Trinajstić information content (AvgIpc) is 2.72. The molecule has 10 nitrogen and oxygen atoms in total. The van der Waals surface area contributed by atoms with Gasteiger partial charge in [-0.2, -0.15) is 5.01 Å². The van der Waals surface area contributed by atoms with Crippen molar-refractivity contribution in [2.75, 3.05) is 13.6 Å². The number of rotatable bonds is 3. The second-order valence-corrected chi connectivity index (χ2v) is 11.6. The smallest absolute Gasteiger partial charge is 0.430 e. The van der Waals surface area contributed by atoms with E-state index >= 15 is 0 Å². The molecular weight excluding hydrogens is 464 g/mol. The Morgan fingerprint density at radius 1 is 1.03 bits per heavy atom. The van der Waals surface area contributed by atoms with E-state index in [4.69, 9.17) is 9.47 Å². The molecule has 1 fully saturated rings. The molecule has 1 N–H and O–H groups in total. The van der Waals surface area contributed by atoms with Crippen LogP contribution in [0.1, 0.15) is 72.7 Å². The van der Waals surface area contributed by atoms with Crippen molar-refractivity contribution in [1.82, 2.24) is 20.2 Å². The van der Waals surface area contributed by atoms with Gasteiger partial charge in [-0.05, 0) is 66.5 Å². The molecule has 1 aromatic carbocycles. The van der Waals surface area contributed by atoms with Gasteiger partial charge < -0.3 is 19.3 Å². The second-order valence-electron chi connectivity index (χ2n) is 11.6. The summed E-state index contributed by atoms with van der Waals surface area (Å²) in [7, 11) is 1.58. The molecule has 0 spiro atoms. The van der Waals surface area contributed by atoms with Crippen molar-refractivity contribution < 1.29 is 28.7 Å². The number of benzene rings is 1. The van der Waals surface area contributed by atoms with E-state index in [9.17, 15) is 19.2 Å². The number of nitrogens with one attached hydrogen (secondary N) is 1. The number of hydrazine groups is 1. The lowest BCUT2D eigenvalue weighted by Crippen LogP contribution is -2.76. The molecule has 0 saturated carbocycles. The standard InChI is InChI=1S/C26H40N4O6/c1-17(2)19-28(10)21(32)26(9,16-29(19)20(31)18-14-12-11-13-15-18)30(23(34)36-25(6,7)8)27-22(33)35-24(3,4)5/h11-15,17,19H,16H2,1-10H3,(H,27,33)/t19-,26-/m1/s1. The molecule has 36 heavy (non-hydrogen) atoms. The van der Waals surface area contributed by atoms with Crippen molar-refractivity contribution in [3.05, 3.63) is 35.9 Å². The summed E-state index contributed by atoms with van der Waals surface area (Å²) in [5, 5.41) is 0.840. The van der Waals surface area contributed by atoms with Crippen LogP contribution in [0.4, 0.5) is 9.59 Å². The van der Waals surface area contributed by atoms with E-state index in [0.29, 0.717) is 5.56 Å². The fourth-order valence-electron chi connectivity index (χ4n) is 4.18. The zero-order valence-corrected chi connectivity index (χ0v) is 23.0. The van der Waals surface area contributed by atoms with E-state index in [1.54, 1.807) is 77.8 Å². The number of carbonyl (C=O) groups excluding carboxylic acids is 4. The molecule has 1 aliphatic rings. The minimum Gasteiger partial charge on any atom is -0.443 e. The lowest BCUT2D eigenvalue weighted by atomic mass is 9.91. The first kappa shape index (κ1) is 28.9. The molecule has 1 saturated heterocycles. The maximum Gasteiger partial charge on any atom is 0.430 e. The Morgan fingerprint density at radius 2 is 1.56 bits per heavy atom. The number of carbonyl (C=O) groups is 4. The Kier molecular flexibility index (Phi) is 8.33. The number of nitrogens with zero attached hydrogens (tertiary/aromatic N) is 3. The lowest BCUT2D eigenvalue weighted by Gasteiger charge is -2.53. The van der Waals surface area contributed by atoms with Crippen LogP contribution in [0.2, 0.25) is 0 Å². The highest BCUT2D eigenvalue weighted by molar-refractivity contribution is 5.98. The third kappa shape index (κ3) is 6.67. The zero-order chi connectivity index (χ0) is 27.6. The third-order valence-corrected chi connectivity index (χ3v) is 5.52. The third-order valence-electron chi connectivity index (χ3n) is 5.52. The molecule has 1 heterocycles. The summed E-state index contributed by atoms with van der Waals surface area (Å²) in [6.45, 7) is 15.2. The molecule has 2 rings (SSSR count). The zero-order valence-electron chi connectivity index (χ0n) is 23.0. The minimum atomic E-state index is -1.69. The van der Waals surface area contributed by atoms with Crippen LogP contribution in [0.15, 0.2) is 30.3 Å². The van der Waals surface area contributed by atoms with Crippen molar-refractivity contribution in [3.63, 3.8) is 0 Å². The Hall–Kier alpha value is -3.30. The van der Waals surface area contributed by atoms with Crippen molar-refractivity contribution in [2.45, 2.75) is 85.2 Å². The molecule has 0 aromatic heterocycles. The van der Waals surface area contributed by atoms with Gasteiger partial charge in [0.05, 0.1) is 6.54 Å². The van der Waals surface area contributed by atoms with Crippen LogP contribution in [0.3, 0.4) is 0 Å². The first-order valence-corrected chi connectivity index (χ1v) is 12.0. The number of amides is 4. The lowest BCUT2D eigenvalue weighted by molar-refractivity contribution is -0.162. The highest BCUT2D eigenvalue weighted by Gasteiger charge is 2.55. The molecule has 1 aromatic rings. The molecular formula is C26H40N4O6. The molecule has 0 aliphatic carbocycles. The van der Waals surface area contributed by atoms with Crippen LogP contribution in [0, 0.1) is 5.92 Å². The fraction of sp³-hybridized carbons (Fsp3) is 0.615. The SMILES string of the molecule is CC(C)[C@@H]1N(C)C(=O)[C@](C)(N(NC(=O)OC(C)(C)C)C(=O)OC(C)(C)C)CN1C(=O)c1ccccc1. The molecule has 4 amide bonds. The van der Waals surface area contributed by atoms with Gasteiger partial charge in [0.25, 0.3) is 11.8 Å². The Bertz CT molecular complexity index is 982. The first-order valence-electron chi connectivity index (χ1n) is 12.0. The van der Waals surface area contributed by atoms with E-state index in [0.717, 1.165) is 5.01 Å². The average molecular weight is 505 g/mol. The molecule has 0 unspecified atom stereocenters. The molecule has 0 radical (unpaired) electrons. The first-order chi connectivity index (χ1) is 16.4. The van der Waals surface area contributed by atoms with Gasteiger partial charge in [0.15, 0.2) is 5.54 Å². The Morgan fingerprint density at radius 3 is 2.03 bits per heavy atom. The highest BCUT2D eigenvalue weighted by Crippen LogP contribution is 2.32. The van der Waals surface area contributed by atoms with Gasteiger partial charge in [0.2, 0.25) is 0 Å². The van der Waals surface area contributed by atoms with Gasteiger partial charge >= 0.3 is 12.2 Å². The number of hydrogen-bond donors (Lipinski definition) is 1. The van der Waals surface area contributed by atoms with E-state index < -0.39 is 41.0 Å². The van der Waals surface area contributed by atoms with Crippen LogP contribution in [-0.2, 0) is 14.3 Å². The number of likely N-dealkylation sites (N-methyl/N-ethyl adjacent to an activating group) is 1. The number of ether oxygens (including phenoxy) is 2. The van der Waals surface area contributed by atoms with Crippen LogP contribution in [0.25, 0.3) is 0 Å². The summed E-state index contributed by atoms with van der Waals surface area (Å²) in [5.74, 6) is -0.869. The van der Waals surface area contributed by atoms with Gasteiger partial charge in [0.1, 0.15) is 17.4 Å². The predicted molar refractivity (Wildman–Crippen MR) is 135 cm³/mol. The van der Waals surface area contributed by atoms with Crippen molar-refractivity contribution in [1.29, 1.82) is 0 Å². The topological polar surface area (TPSA) is 108 Å². The summed E-state index contributed by atoms with van der Waals surface area (Å²) < 4.78 is 10.9. The van der Waals surface area contributed by atoms with Crippen LogP contribution in [0.5, 0.6) is 0 Å². The van der Waals surface area contributed by atoms with Crippen LogP contribution < -0.4 is 5.43 Å². The molecule has 10 heteroatoms. The maximum atomic E-state index is 13.8. The van der Waals surface area contributed by atoms with Crippen molar-refractivity contribution in [2.24, 2.45) is 5.92 Å². The molecule has 200 valence electrons. The summed E-state index contributed by atoms with van der Waals surface area (Å²) in [5.41, 5.74) is -0.599. The van der Waals surface area contributed by atoms with E-state index in [1.807, 2.05) is 19.9 Å². The van der Waals surface area contributed by atoms with Gasteiger partial charge in [-0.3, -0.25) is 9.59 Å². The molecule has 0 bridgehead atoms. The Labute approximate surface area is 213 Å². The van der Waals surface area contributed by atoms with Crippen LogP contribution >= 0.6 is 0 Å². The summed E-state index contributed by atoms with van der Waals surface area (Å²) in [6, 6.07) is 8.71. The van der Waals surface area contributed by atoms with E-state index in [2.05, 4.69) is 5.43 Å². The maximum absolute atomic E-state index is 13.8. The summed E-state index contributed by atoms with van der Waals surface area (Å²) in [4.78, 5) is 56.5. The number of hydrogen-bond acceptors (Lipinski definition) is 6. The second kappa shape index (κ2) is 10.4. The van der Waals surface area contributed by atoms with Crippen molar-refractivity contribution >= 4 is 24.0 Å². The van der Waals surface area contributed by atoms with E-state index in [-0.39, 0.29) is 18.4 Å². The van der Waals surface area contributed by atoms with Gasteiger partial charge in [-0.1, -0.05) is 32.0 Å². The largest absolute Gasteiger partial charge is 0.443 e. The predicted octanol–water partition coefficient (Wildman–Crippen LogP) is 4.02. The summed E-state index contributed by atoms with van der Waals surface area (Å²) in [6.07, 6.45) is -2.45. The fourth-order valence-corrected chi connectivity index (χ4v) is 4.18. The van der Waals surface area contributed by atoms with E-state index in [1.165, 1.54) is 11.8 Å². The quantitative estimate of drug-likeness (QED) is 0.623. The van der Waals surface area contributed by atoms with Gasteiger partial charge in [-0.15, -0.1) is 0 Å². The monoisotopic (exact) mass is 504 g/mol. The van der Waals surface area contributed by atoms with Crippen molar-refractivity contribution in [3.8, 4) is 0 Å². The van der Waals surface area contributed by atoms with Gasteiger partial charge in [0, 0.05) is 12.6 Å². The summed E-state index contributed by atoms with van der Waals surface area (Å²) >= 11 is 0. The molecule has 1 aliphatic heterocycles. The van der Waals surface area contributed by atoms with Crippen LogP contribution in [-0.4, -0.2) is 75.3 Å². The minimum absolute atomic E-state index is 0.107. The molecule has 2 atom stereocenters. The highest BCUT2D eigenvalue weighted by atomic mass is 16.6. The Balaban J connectivity index is 2.57. The van der Waals surface area contributed by atoms with Gasteiger partial charge in [-0.25, -0.2) is 15.0 Å².